The van der Waals surface area contributed by atoms with E-state index in [9.17, 15) is 15.0 Å². The number of rotatable bonds is 4. The fraction of sp³-hybridized carbons (Fsp3) is 0.500. The summed E-state index contributed by atoms with van der Waals surface area (Å²) in [6.07, 6.45) is 1.14. The van der Waals surface area contributed by atoms with Crippen LogP contribution >= 0.6 is 0 Å². The monoisotopic (exact) mass is 250 g/mol. The second-order valence-corrected chi connectivity index (χ2v) is 4.75. The Hall–Kier alpha value is -1.39. The summed E-state index contributed by atoms with van der Waals surface area (Å²) in [7, 11) is 0. The van der Waals surface area contributed by atoms with E-state index in [1.54, 1.807) is 6.07 Å². The van der Waals surface area contributed by atoms with Gasteiger partial charge in [0.15, 0.2) is 0 Å². The molecule has 0 saturated carbocycles. The van der Waals surface area contributed by atoms with Gasteiger partial charge in [0.1, 0.15) is 5.60 Å². The zero-order valence-corrected chi connectivity index (χ0v) is 10.4. The van der Waals surface area contributed by atoms with Gasteiger partial charge in [-0.15, -0.1) is 0 Å². The average Bonchev–Trinajstić information content (AvgIpc) is 2.36. The molecular formula is C14H18O4. The Balaban J connectivity index is 2.44. The topological polar surface area (TPSA) is 66.8 Å². The molecule has 0 aliphatic carbocycles. The molecule has 0 aromatic heterocycles. The number of aliphatic carboxylic acids is 1. The van der Waals surface area contributed by atoms with Crippen molar-refractivity contribution in [1.29, 1.82) is 0 Å². The summed E-state index contributed by atoms with van der Waals surface area (Å²) in [4.78, 5) is 11.4. The standard InChI is InChI=1S/C14H18O4/c1-2-5-12(13(15)16)14(17)9-18-8-10-6-3-4-7-11(10)14/h3-4,6-7,12,17H,2,5,8-9H2,1H3,(H,15,16). The molecular weight excluding hydrogens is 232 g/mol. The maximum absolute atomic E-state index is 11.4. The van der Waals surface area contributed by atoms with Crippen LogP contribution in [0.2, 0.25) is 0 Å². The van der Waals surface area contributed by atoms with E-state index in [-0.39, 0.29) is 6.61 Å². The van der Waals surface area contributed by atoms with Crippen molar-refractivity contribution in [2.75, 3.05) is 6.61 Å². The average molecular weight is 250 g/mol. The molecule has 0 bridgehead atoms. The predicted octanol–water partition coefficient (Wildman–Crippen LogP) is 1.91. The van der Waals surface area contributed by atoms with Gasteiger partial charge < -0.3 is 14.9 Å². The molecule has 1 aliphatic rings. The molecule has 2 unspecified atom stereocenters. The summed E-state index contributed by atoms with van der Waals surface area (Å²) < 4.78 is 5.38. The molecule has 1 heterocycles. The van der Waals surface area contributed by atoms with Crippen molar-refractivity contribution in [3.63, 3.8) is 0 Å². The molecule has 4 nitrogen and oxygen atoms in total. The van der Waals surface area contributed by atoms with Crippen LogP contribution in [0, 0.1) is 5.92 Å². The first-order valence-electron chi connectivity index (χ1n) is 6.21. The van der Waals surface area contributed by atoms with Gasteiger partial charge in [0.25, 0.3) is 0 Å². The number of carboxylic acid groups (broad SMARTS) is 1. The predicted molar refractivity (Wildman–Crippen MR) is 66.0 cm³/mol. The molecule has 2 rings (SSSR count). The van der Waals surface area contributed by atoms with E-state index < -0.39 is 17.5 Å². The first-order chi connectivity index (χ1) is 8.59. The lowest BCUT2D eigenvalue weighted by molar-refractivity contribution is -0.164. The van der Waals surface area contributed by atoms with Crippen molar-refractivity contribution in [3.8, 4) is 0 Å². The number of carboxylic acids is 1. The minimum Gasteiger partial charge on any atom is -0.481 e. The Morgan fingerprint density at radius 1 is 1.50 bits per heavy atom. The summed E-state index contributed by atoms with van der Waals surface area (Å²) in [5.41, 5.74) is 0.141. The summed E-state index contributed by atoms with van der Waals surface area (Å²) >= 11 is 0. The Morgan fingerprint density at radius 2 is 2.22 bits per heavy atom. The van der Waals surface area contributed by atoms with Gasteiger partial charge in [-0.25, -0.2) is 0 Å². The fourth-order valence-corrected chi connectivity index (χ4v) is 2.61. The Labute approximate surface area is 106 Å². The van der Waals surface area contributed by atoms with Gasteiger partial charge >= 0.3 is 5.97 Å². The molecule has 0 fully saturated rings. The number of ether oxygens (including phenoxy) is 1. The molecule has 0 spiro atoms. The Bertz CT molecular complexity index is 443. The number of hydrogen-bond acceptors (Lipinski definition) is 3. The lowest BCUT2D eigenvalue weighted by atomic mass is 9.76. The van der Waals surface area contributed by atoms with Crippen molar-refractivity contribution >= 4 is 5.97 Å². The van der Waals surface area contributed by atoms with Crippen LogP contribution in [-0.2, 0) is 21.7 Å². The van der Waals surface area contributed by atoms with Crippen LogP contribution in [0.25, 0.3) is 0 Å². The van der Waals surface area contributed by atoms with E-state index in [2.05, 4.69) is 0 Å². The molecule has 0 saturated heterocycles. The summed E-state index contributed by atoms with van der Waals surface area (Å²) in [5, 5.41) is 20.1. The minimum absolute atomic E-state index is 0.0426. The molecule has 1 aromatic carbocycles. The first-order valence-corrected chi connectivity index (χ1v) is 6.21. The lowest BCUT2D eigenvalue weighted by Gasteiger charge is -2.38. The van der Waals surface area contributed by atoms with E-state index in [0.29, 0.717) is 25.0 Å². The molecule has 1 aromatic rings. The number of benzene rings is 1. The third-order valence-corrected chi connectivity index (χ3v) is 3.52. The highest BCUT2D eigenvalue weighted by Gasteiger charge is 2.45. The third-order valence-electron chi connectivity index (χ3n) is 3.52. The highest BCUT2D eigenvalue weighted by Crippen LogP contribution is 2.38. The number of fused-ring (bicyclic) bond motifs is 1. The molecule has 18 heavy (non-hydrogen) atoms. The van der Waals surface area contributed by atoms with Gasteiger partial charge in [0.2, 0.25) is 0 Å². The van der Waals surface area contributed by atoms with Crippen molar-refractivity contribution in [2.24, 2.45) is 5.92 Å². The Morgan fingerprint density at radius 3 is 2.89 bits per heavy atom. The van der Waals surface area contributed by atoms with Crippen LogP contribution in [-0.4, -0.2) is 22.8 Å². The number of carbonyl (C=O) groups is 1. The molecule has 0 radical (unpaired) electrons. The molecule has 2 N–H and O–H groups in total. The van der Waals surface area contributed by atoms with Crippen molar-refractivity contribution in [3.05, 3.63) is 35.4 Å². The zero-order valence-electron chi connectivity index (χ0n) is 10.4. The molecule has 1 aliphatic heterocycles. The van der Waals surface area contributed by atoms with Gasteiger partial charge in [0, 0.05) is 0 Å². The van der Waals surface area contributed by atoms with Gasteiger partial charge in [-0.05, 0) is 17.5 Å². The quantitative estimate of drug-likeness (QED) is 0.856. The Kier molecular flexibility index (Phi) is 3.68. The van der Waals surface area contributed by atoms with Crippen LogP contribution in [0.15, 0.2) is 24.3 Å². The van der Waals surface area contributed by atoms with Crippen molar-refractivity contribution in [1.82, 2.24) is 0 Å². The molecule has 0 amide bonds. The van der Waals surface area contributed by atoms with Crippen LogP contribution in [0.1, 0.15) is 30.9 Å². The van der Waals surface area contributed by atoms with E-state index in [1.807, 2.05) is 25.1 Å². The maximum Gasteiger partial charge on any atom is 0.309 e. The van der Waals surface area contributed by atoms with E-state index in [1.165, 1.54) is 0 Å². The van der Waals surface area contributed by atoms with Crippen LogP contribution in [0.4, 0.5) is 0 Å². The van der Waals surface area contributed by atoms with Gasteiger partial charge in [0.05, 0.1) is 19.1 Å². The summed E-state index contributed by atoms with van der Waals surface area (Å²) in [6, 6.07) is 7.34. The second-order valence-electron chi connectivity index (χ2n) is 4.75. The van der Waals surface area contributed by atoms with E-state index in [4.69, 9.17) is 4.74 Å². The fourth-order valence-electron chi connectivity index (χ4n) is 2.61. The normalized spacial score (nSPS) is 24.3. The van der Waals surface area contributed by atoms with Crippen molar-refractivity contribution in [2.45, 2.75) is 32.0 Å². The van der Waals surface area contributed by atoms with Crippen molar-refractivity contribution < 1.29 is 19.7 Å². The minimum atomic E-state index is -1.42. The summed E-state index contributed by atoms with van der Waals surface area (Å²) in [6.45, 7) is 2.38. The smallest absolute Gasteiger partial charge is 0.309 e. The van der Waals surface area contributed by atoms with E-state index in [0.717, 1.165) is 5.56 Å². The maximum atomic E-state index is 11.4. The largest absolute Gasteiger partial charge is 0.481 e. The van der Waals surface area contributed by atoms with Gasteiger partial charge in [-0.1, -0.05) is 37.6 Å². The zero-order chi connectivity index (χ0) is 13.2. The molecule has 2 atom stereocenters. The second kappa shape index (κ2) is 5.08. The molecule has 98 valence electrons. The first kappa shape index (κ1) is 13.1. The third kappa shape index (κ3) is 2.13. The lowest BCUT2D eigenvalue weighted by Crippen LogP contribution is -2.46. The van der Waals surface area contributed by atoms with Crippen LogP contribution < -0.4 is 0 Å². The number of aliphatic hydroxyl groups is 1. The number of hydrogen-bond donors (Lipinski definition) is 2. The summed E-state index contributed by atoms with van der Waals surface area (Å²) in [5.74, 6) is -1.80. The van der Waals surface area contributed by atoms with Crippen LogP contribution in [0.3, 0.4) is 0 Å². The van der Waals surface area contributed by atoms with Gasteiger partial charge in [-0.3, -0.25) is 4.79 Å². The van der Waals surface area contributed by atoms with Gasteiger partial charge in [-0.2, -0.15) is 0 Å². The SMILES string of the molecule is CCCC(C(=O)O)C1(O)COCc2ccccc21. The highest BCUT2D eigenvalue weighted by atomic mass is 16.5. The van der Waals surface area contributed by atoms with Crippen LogP contribution in [0.5, 0.6) is 0 Å². The highest BCUT2D eigenvalue weighted by molar-refractivity contribution is 5.72. The van der Waals surface area contributed by atoms with E-state index >= 15 is 0 Å². The molecule has 4 heteroatoms.